The quantitative estimate of drug-likeness (QED) is 0.506. The minimum Gasteiger partial charge on any atom is -0.351 e. The number of rotatable bonds is 1. The summed E-state index contributed by atoms with van der Waals surface area (Å²) in [4.78, 5) is 10.9. The van der Waals surface area contributed by atoms with Crippen molar-refractivity contribution in [1.82, 2.24) is 25.5 Å². The van der Waals surface area contributed by atoms with Gasteiger partial charge in [-0.3, -0.25) is 4.79 Å². The third-order valence-electron chi connectivity index (χ3n) is 0.480. The molecule has 1 heterocycles. The number of tetrazole rings is 1. The number of carbonyl (C=O) groups is 1. The van der Waals surface area contributed by atoms with E-state index in [1.807, 2.05) is 0 Å². The van der Waals surface area contributed by atoms with Crippen molar-refractivity contribution in [3.05, 3.63) is 6.33 Å². The number of aromatic nitrogens is 4. The molecule has 0 spiro atoms. The second-order valence-electron chi connectivity index (χ2n) is 1.63. The molecular formula is C4H9N5O. The molecule has 0 saturated heterocycles. The fraction of sp³-hybridized carbons (Fsp3) is 0.500. The monoisotopic (exact) mass is 143 g/mol. The average molecular weight is 143 g/mol. The summed E-state index contributed by atoms with van der Waals surface area (Å²) in [5, 5.41) is 12.2. The minimum absolute atomic E-state index is 0.750. The van der Waals surface area contributed by atoms with E-state index in [9.17, 15) is 4.79 Å². The van der Waals surface area contributed by atoms with Crippen molar-refractivity contribution >= 4 is 6.41 Å². The molecule has 0 radical (unpaired) electrons. The molecule has 0 bridgehead atoms. The summed E-state index contributed by atoms with van der Waals surface area (Å²) >= 11 is 0. The molecule has 1 N–H and O–H groups in total. The van der Waals surface area contributed by atoms with E-state index in [1.54, 1.807) is 14.1 Å². The molecule has 0 aliphatic carbocycles. The van der Waals surface area contributed by atoms with Gasteiger partial charge in [-0.1, -0.05) is 5.21 Å². The number of aromatic amines is 1. The Bertz CT molecular complexity index is 131. The van der Waals surface area contributed by atoms with Crippen LogP contribution < -0.4 is 0 Å². The first-order valence-electron chi connectivity index (χ1n) is 2.55. The van der Waals surface area contributed by atoms with Crippen LogP contribution in [0.1, 0.15) is 0 Å². The van der Waals surface area contributed by atoms with Crippen LogP contribution in [0.4, 0.5) is 0 Å². The maximum absolute atomic E-state index is 9.43. The van der Waals surface area contributed by atoms with Crippen molar-refractivity contribution in [2.45, 2.75) is 0 Å². The zero-order valence-corrected chi connectivity index (χ0v) is 5.85. The van der Waals surface area contributed by atoms with Gasteiger partial charge in [0.05, 0.1) is 0 Å². The molecule has 1 aromatic heterocycles. The zero-order chi connectivity index (χ0) is 7.82. The van der Waals surface area contributed by atoms with Gasteiger partial charge in [-0.15, -0.1) is 10.2 Å². The SMILES string of the molecule is CN(C)C=O.c1nn[nH]n1. The number of hydrogen-bond donors (Lipinski definition) is 1. The van der Waals surface area contributed by atoms with Gasteiger partial charge in [0.1, 0.15) is 0 Å². The van der Waals surface area contributed by atoms with Crippen LogP contribution in [0.3, 0.4) is 0 Å². The first-order chi connectivity index (χ1) is 4.77. The highest BCUT2D eigenvalue weighted by Crippen LogP contribution is 1.52. The molecule has 1 aromatic rings. The average Bonchev–Trinajstić information content (AvgIpc) is 2.43. The Morgan fingerprint density at radius 3 is 2.30 bits per heavy atom. The van der Waals surface area contributed by atoms with Crippen molar-refractivity contribution in [3.8, 4) is 0 Å². The molecule has 0 saturated carbocycles. The van der Waals surface area contributed by atoms with Gasteiger partial charge >= 0.3 is 0 Å². The number of carbonyl (C=O) groups excluding carboxylic acids is 1. The molecule has 0 aliphatic rings. The second kappa shape index (κ2) is 5.67. The van der Waals surface area contributed by atoms with Gasteiger partial charge < -0.3 is 4.90 Å². The molecule has 6 nitrogen and oxygen atoms in total. The molecule has 0 unspecified atom stereocenters. The van der Waals surface area contributed by atoms with Crippen molar-refractivity contribution in [2.75, 3.05) is 14.1 Å². The van der Waals surface area contributed by atoms with E-state index in [1.165, 1.54) is 11.2 Å². The van der Waals surface area contributed by atoms with E-state index in [2.05, 4.69) is 20.6 Å². The van der Waals surface area contributed by atoms with Gasteiger partial charge in [0.15, 0.2) is 6.33 Å². The zero-order valence-electron chi connectivity index (χ0n) is 5.85. The van der Waals surface area contributed by atoms with E-state index in [4.69, 9.17) is 0 Å². The Morgan fingerprint density at radius 2 is 2.20 bits per heavy atom. The maximum atomic E-state index is 9.43. The number of H-pyrrole nitrogens is 1. The van der Waals surface area contributed by atoms with Crippen molar-refractivity contribution in [2.24, 2.45) is 0 Å². The fourth-order valence-corrected chi connectivity index (χ4v) is 0.129. The van der Waals surface area contributed by atoms with E-state index in [0.29, 0.717) is 0 Å². The third kappa shape index (κ3) is 6.54. The second-order valence-corrected chi connectivity index (χ2v) is 1.63. The van der Waals surface area contributed by atoms with Gasteiger partial charge in [-0.2, -0.15) is 5.21 Å². The lowest BCUT2D eigenvalue weighted by Crippen LogP contribution is -2.06. The Balaban J connectivity index is 0.000000162. The van der Waals surface area contributed by atoms with Gasteiger partial charge in [-0.05, 0) is 0 Å². The molecule has 56 valence electrons. The first-order valence-corrected chi connectivity index (χ1v) is 2.55. The van der Waals surface area contributed by atoms with Crippen molar-refractivity contribution < 1.29 is 4.79 Å². The summed E-state index contributed by atoms with van der Waals surface area (Å²) in [5.41, 5.74) is 0. The molecule has 0 aliphatic heterocycles. The van der Waals surface area contributed by atoms with E-state index < -0.39 is 0 Å². The Morgan fingerprint density at radius 1 is 1.60 bits per heavy atom. The summed E-state index contributed by atoms with van der Waals surface area (Å²) < 4.78 is 0. The smallest absolute Gasteiger partial charge is 0.209 e. The van der Waals surface area contributed by atoms with Crippen molar-refractivity contribution in [1.29, 1.82) is 0 Å². The van der Waals surface area contributed by atoms with Crippen LogP contribution in [0.5, 0.6) is 0 Å². The molecule has 1 amide bonds. The minimum atomic E-state index is 0.750. The lowest BCUT2D eigenvalue weighted by molar-refractivity contribution is -0.115. The topological polar surface area (TPSA) is 74.8 Å². The van der Waals surface area contributed by atoms with Crippen LogP contribution in [0.15, 0.2) is 6.33 Å². The van der Waals surface area contributed by atoms with Crippen LogP contribution in [0, 0.1) is 0 Å². The summed E-state index contributed by atoms with van der Waals surface area (Å²) in [5.74, 6) is 0. The first kappa shape index (κ1) is 8.54. The highest BCUT2D eigenvalue weighted by atomic mass is 16.1. The molecule has 1 rings (SSSR count). The Hall–Kier alpha value is -1.46. The number of hydrogen-bond acceptors (Lipinski definition) is 4. The van der Waals surface area contributed by atoms with E-state index in [-0.39, 0.29) is 0 Å². The number of nitrogens with zero attached hydrogens (tertiary/aromatic N) is 4. The standard InChI is InChI=1S/C3H7NO.CH2N4/c1-4(2)3-5;1-2-4-5-3-1/h3H,1-2H3;1H,(H,2,3,4,5). The molecule has 6 heteroatoms. The third-order valence-corrected chi connectivity index (χ3v) is 0.480. The lowest BCUT2D eigenvalue weighted by Gasteiger charge is -1.93. The molecular weight excluding hydrogens is 134 g/mol. The van der Waals surface area contributed by atoms with Gasteiger partial charge in [0.2, 0.25) is 6.41 Å². The van der Waals surface area contributed by atoms with Crippen LogP contribution >= 0.6 is 0 Å². The number of amides is 1. The van der Waals surface area contributed by atoms with Gasteiger partial charge in [-0.25, -0.2) is 0 Å². The normalized spacial score (nSPS) is 7.40. The van der Waals surface area contributed by atoms with Crippen LogP contribution in [-0.2, 0) is 4.79 Å². The summed E-state index contributed by atoms with van der Waals surface area (Å²) in [6, 6.07) is 0. The predicted octanol–water partition coefficient (Wildman–Crippen LogP) is -1.10. The van der Waals surface area contributed by atoms with E-state index >= 15 is 0 Å². The highest BCUT2D eigenvalue weighted by molar-refractivity contribution is 5.45. The molecule has 0 aromatic carbocycles. The summed E-state index contributed by atoms with van der Waals surface area (Å²) in [6.07, 6.45) is 2.08. The highest BCUT2D eigenvalue weighted by Gasteiger charge is 1.68. The molecule has 0 fully saturated rings. The molecule has 10 heavy (non-hydrogen) atoms. The van der Waals surface area contributed by atoms with Crippen LogP contribution in [-0.4, -0.2) is 46.0 Å². The largest absolute Gasteiger partial charge is 0.351 e. The van der Waals surface area contributed by atoms with Crippen molar-refractivity contribution in [3.63, 3.8) is 0 Å². The van der Waals surface area contributed by atoms with Crippen LogP contribution in [0.2, 0.25) is 0 Å². The Labute approximate surface area is 58.2 Å². The predicted molar refractivity (Wildman–Crippen MR) is 33.9 cm³/mol. The van der Waals surface area contributed by atoms with Gasteiger partial charge in [0, 0.05) is 14.1 Å². The van der Waals surface area contributed by atoms with Crippen LogP contribution in [0.25, 0.3) is 0 Å². The number of nitrogens with one attached hydrogen (secondary N) is 1. The Kier molecular flexibility index (Phi) is 4.84. The summed E-state index contributed by atoms with van der Waals surface area (Å²) in [6.45, 7) is 0. The molecule has 0 atom stereocenters. The van der Waals surface area contributed by atoms with E-state index in [0.717, 1.165) is 6.41 Å². The lowest BCUT2D eigenvalue weighted by atomic mass is 11.0. The fourth-order valence-electron chi connectivity index (χ4n) is 0.129. The summed E-state index contributed by atoms with van der Waals surface area (Å²) in [7, 11) is 3.38. The maximum Gasteiger partial charge on any atom is 0.209 e. The van der Waals surface area contributed by atoms with Gasteiger partial charge in [0.25, 0.3) is 0 Å².